The van der Waals surface area contributed by atoms with Crippen molar-refractivity contribution in [2.75, 3.05) is 14.1 Å². The van der Waals surface area contributed by atoms with Crippen LogP contribution in [0.4, 0.5) is 0 Å². The van der Waals surface area contributed by atoms with Crippen LogP contribution in [0, 0.1) is 0 Å². The van der Waals surface area contributed by atoms with E-state index in [9.17, 15) is 23.1 Å². The molecule has 1 atom stereocenters. The van der Waals surface area contributed by atoms with E-state index in [-0.39, 0.29) is 22.6 Å². The normalized spacial score (nSPS) is 18.0. The molecule has 1 aliphatic heterocycles. The highest BCUT2D eigenvalue weighted by Crippen LogP contribution is 2.40. The largest absolute Gasteiger partial charge is 0.507 e. The predicted molar refractivity (Wildman–Crippen MR) is 124 cm³/mol. The lowest BCUT2D eigenvalue weighted by atomic mass is 9.96. The zero-order valence-electron chi connectivity index (χ0n) is 18.5. The highest BCUT2D eigenvalue weighted by molar-refractivity contribution is 7.89. The van der Waals surface area contributed by atoms with Gasteiger partial charge in [-0.15, -0.1) is 0 Å². The Balaban J connectivity index is 1.81. The lowest BCUT2D eigenvalue weighted by molar-refractivity contribution is -0.140. The van der Waals surface area contributed by atoms with Crippen molar-refractivity contribution in [3.05, 3.63) is 95.6 Å². The third kappa shape index (κ3) is 4.20. The van der Waals surface area contributed by atoms with Crippen LogP contribution in [0.25, 0.3) is 5.76 Å². The Morgan fingerprint density at radius 3 is 2.21 bits per heavy atom. The van der Waals surface area contributed by atoms with Gasteiger partial charge in [-0.2, -0.15) is 0 Å². The molecule has 1 fully saturated rings. The van der Waals surface area contributed by atoms with Crippen LogP contribution in [-0.4, -0.2) is 58.5 Å². The molecule has 0 radical (unpaired) electrons. The second kappa shape index (κ2) is 9.16. The molecular formula is C24H22N4O5S. The van der Waals surface area contributed by atoms with E-state index in [1.165, 1.54) is 49.5 Å². The topological polar surface area (TPSA) is 121 Å². The maximum absolute atomic E-state index is 13.1. The van der Waals surface area contributed by atoms with Gasteiger partial charge in [-0.05, 0) is 47.5 Å². The summed E-state index contributed by atoms with van der Waals surface area (Å²) in [5.41, 5.74) is 1.39. The molecule has 1 unspecified atom stereocenters. The Kier molecular flexibility index (Phi) is 6.27. The molecule has 1 amide bonds. The van der Waals surface area contributed by atoms with Gasteiger partial charge in [-0.25, -0.2) is 12.7 Å². The summed E-state index contributed by atoms with van der Waals surface area (Å²) in [6.07, 6.45) is 6.31. The first-order chi connectivity index (χ1) is 16.2. The summed E-state index contributed by atoms with van der Waals surface area (Å²) in [7, 11) is -0.828. The maximum Gasteiger partial charge on any atom is 0.295 e. The van der Waals surface area contributed by atoms with Crippen LogP contribution >= 0.6 is 0 Å². The van der Waals surface area contributed by atoms with Gasteiger partial charge in [0, 0.05) is 51.0 Å². The minimum Gasteiger partial charge on any atom is -0.507 e. The molecule has 0 saturated carbocycles. The average Bonchev–Trinajstić information content (AvgIpc) is 3.09. The molecule has 1 aromatic carbocycles. The number of Topliss-reactive ketones (excluding diaryl/α,β-unsaturated/α-hetero) is 1. The van der Waals surface area contributed by atoms with Crippen LogP contribution in [0.5, 0.6) is 0 Å². The molecule has 3 heterocycles. The average molecular weight is 479 g/mol. The summed E-state index contributed by atoms with van der Waals surface area (Å²) in [5.74, 6) is -1.99. The number of carbonyl (C=O) groups is 2. The molecule has 0 spiro atoms. The Labute approximate surface area is 197 Å². The third-order valence-corrected chi connectivity index (χ3v) is 7.35. The molecule has 1 aliphatic rings. The summed E-state index contributed by atoms with van der Waals surface area (Å²) in [4.78, 5) is 35.6. The summed E-state index contributed by atoms with van der Waals surface area (Å²) in [6, 6.07) is 11.5. The van der Waals surface area contributed by atoms with Crippen molar-refractivity contribution in [1.29, 1.82) is 0 Å². The van der Waals surface area contributed by atoms with Crippen LogP contribution in [0.3, 0.4) is 0 Å². The van der Waals surface area contributed by atoms with Gasteiger partial charge in [-0.3, -0.25) is 19.6 Å². The van der Waals surface area contributed by atoms with Crippen molar-refractivity contribution < 1.29 is 23.1 Å². The van der Waals surface area contributed by atoms with E-state index in [0.717, 1.165) is 9.87 Å². The first kappa shape index (κ1) is 23.3. The molecule has 3 aromatic rings. The van der Waals surface area contributed by atoms with Gasteiger partial charge >= 0.3 is 0 Å². The monoisotopic (exact) mass is 478 g/mol. The Hall–Kier alpha value is -3.89. The quantitative estimate of drug-likeness (QED) is 0.328. The highest BCUT2D eigenvalue weighted by Gasteiger charge is 2.46. The van der Waals surface area contributed by atoms with Gasteiger partial charge in [0.25, 0.3) is 11.7 Å². The first-order valence-electron chi connectivity index (χ1n) is 10.3. The van der Waals surface area contributed by atoms with Crippen molar-refractivity contribution in [3.8, 4) is 0 Å². The number of likely N-dealkylation sites (tertiary alicyclic amines) is 1. The number of ketones is 1. The van der Waals surface area contributed by atoms with E-state index in [1.807, 2.05) is 0 Å². The van der Waals surface area contributed by atoms with Crippen LogP contribution in [0.1, 0.15) is 22.7 Å². The molecule has 1 saturated heterocycles. The molecule has 0 bridgehead atoms. The number of hydrogen-bond donors (Lipinski definition) is 1. The Bertz CT molecular complexity index is 1360. The van der Waals surface area contributed by atoms with Crippen molar-refractivity contribution in [3.63, 3.8) is 0 Å². The Morgan fingerprint density at radius 2 is 1.65 bits per heavy atom. The molecule has 1 N–H and O–H groups in total. The fraction of sp³-hybridized carbons (Fsp3) is 0.167. The zero-order valence-corrected chi connectivity index (χ0v) is 19.3. The number of amides is 1. The number of nitrogens with zero attached hydrogens (tertiary/aromatic N) is 4. The van der Waals surface area contributed by atoms with Crippen LogP contribution in [-0.2, 0) is 26.2 Å². The summed E-state index contributed by atoms with van der Waals surface area (Å²) in [5, 5.41) is 11.1. The molecule has 174 valence electrons. The number of carbonyl (C=O) groups excluding carboxylic acids is 2. The van der Waals surface area contributed by atoms with Crippen molar-refractivity contribution in [2.45, 2.75) is 17.5 Å². The fourth-order valence-corrected chi connectivity index (χ4v) is 4.67. The van der Waals surface area contributed by atoms with Crippen LogP contribution < -0.4 is 0 Å². The van der Waals surface area contributed by atoms with E-state index in [1.54, 1.807) is 42.9 Å². The summed E-state index contributed by atoms with van der Waals surface area (Å²) >= 11 is 0. The number of rotatable bonds is 6. The minimum atomic E-state index is -3.66. The van der Waals surface area contributed by atoms with Gasteiger partial charge in [0.15, 0.2) is 0 Å². The predicted octanol–water partition coefficient (Wildman–Crippen LogP) is 2.35. The highest BCUT2D eigenvalue weighted by atomic mass is 32.2. The molecule has 0 aliphatic carbocycles. The maximum atomic E-state index is 13.1. The number of pyridine rings is 2. The molecule has 10 heteroatoms. The molecule has 2 aromatic heterocycles. The van der Waals surface area contributed by atoms with E-state index in [4.69, 9.17) is 0 Å². The van der Waals surface area contributed by atoms with E-state index in [2.05, 4.69) is 9.97 Å². The second-order valence-corrected chi connectivity index (χ2v) is 10.0. The first-order valence-corrected chi connectivity index (χ1v) is 11.8. The number of aliphatic hydroxyl groups is 1. The van der Waals surface area contributed by atoms with Gasteiger partial charge in [-0.1, -0.05) is 12.1 Å². The standard InChI is InChI=1S/C24H22N4O5S/c1-27(2)34(32,33)19-9-7-17(8-10-19)22(29)20-21(18-6-4-12-26-14-18)28(24(31)23(20)30)15-16-5-3-11-25-13-16/h3-14,21,29H,15H2,1-2H3/b22-20+. The fourth-order valence-electron chi connectivity index (χ4n) is 3.77. The number of benzene rings is 1. The summed E-state index contributed by atoms with van der Waals surface area (Å²) < 4.78 is 25.8. The zero-order chi connectivity index (χ0) is 24.5. The van der Waals surface area contributed by atoms with E-state index < -0.39 is 33.5 Å². The number of sulfonamides is 1. The number of aromatic nitrogens is 2. The van der Waals surface area contributed by atoms with Gasteiger partial charge in [0.2, 0.25) is 10.0 Å². The molecule has 9 nitrogen and oxygen atoms in total. The van der Waals surface area contributed by atoms with Crippen LogP contribution in [0.2, 0.25) is 0 Å². The SMILES string of the molecule is CN(C)S(=O)(=O)c1ccc(/C(O)=C2\C(=O)C(=O)N(Cc3cccnc3)C2c2cccnc2)cc1. The van der Waals surface area contributed by atoms with Crippen molar-refractivity contribution in [2.24, 2.45) is 0 Å². The minimum absolute atomic E-state index is 0.0369. The third-order valence-electron chi connectivity index (χ3n) is 5.52. The Morgan fingerprint density at radius 1 is 1.00 bits per heavy atom. The van der Waals surface area contributed by atoms with Crippen LogP contribution in [0.15, 0.2) is 83.8 Å². The van der Waals surface area contributed by atoms with Gasteiger partial charge in [0.05, 0.1) is 16.5 Å². The van der Waals surface area contributed by atoms with Crippen molar-refractivity contribution >= 4 is 27.5 Å². The number of hydrogen-bond acceptors (Lipinski definition) is 7. The molecular weight excluding hydrogens is 456 g/mol. The molecule has 4 rings (SSSR count). The van der Waals surface area contributed by atoms with Gasteiger partial charge < -0.3 is 10.0 Å². The van der Waals surface area contributed by atoms with Crippen molar-refractivity contribution in [1.82, 2.24) is 19.2 Å². The van der Waals surface area contributed by atoms with Gasteiger partial charge in [0.1, 0.15) is 5.76 Å². The lowest BCUT2D eigenvalue weighted by Crippen LogP contribution is -2.29. The van der Waals surface area contributed by atoms with E-state index >= 15 is 0 Å². The lowest BCUT2D eigenvalue weighted by Gasteiger charge is -2.25. The second-order valence-electron chi connectivity index (χ2n) is 7.89. The molecule has 34 heavy (non-hydrogen) atoms. The van der Waals surface area contributed by atoms with E-state index in [0.29, 0.717) is 5.56 Å². The smallest absolute Gasteiger partial charge is 0.295 e. The summed E-state index contributed by atoms with van der Waals surface area (Å²) in [6.45, 7) is 0.106. The number of aliphatic hydroxyl groups excluding tert-OH is 1.